The first-order chi connectivity index (χ1) is 12.9. The molecule has 2 aromatic carbocycles. The van der Waals surface area contributed by atoms with Crippen LogP contribution in [0.15, 0.2) is 64.2 Å². The number of aromatic nitrogens is 3. The fourth-order valence-electron chi connectivity index (χ4n) is 3.51. The number of fused-ring (bicyclic) bond motifs is 1. The van der Waals surface area contributed by atoms with Crippen LogP contribution in [0.1, 0.15) is 11.1 Å². The van der Waals surface area contributed by atoms with E-state index in [0.717, 1.165) is 32.6 Å². The van der Waals surface area contributed by atoms with E-state index < -0.39 is 0 Å². The summed E-state index contributed by atoms with van der Waals surface area (Å²) in [5, 5.41) is 0. The summed E-state index contributed by atoms with van der Waals surface area (Å²) in [6.07, 6.45) is 0. The molecular formula is C22H21N3O2. The maximum Gasteiger partial charge on any atom is 0.331 e. The first-order valence-electron chi connectivity index (χ1n) is 8.84. The van der Waals surface area contributed by atoms with Gasteiger partial charge in [-0.3, -0.25) is 13.9 Å². The molecule has 0 amide bonds. The fourth-order valence-corrected chi connectivity index (χ4v) is 3.51. The maximum absolute atomic E-state index is 13.0. The van der Waals surface area contributed by atoms with E-state index in [1.807, 2.05) is 66.9 Å². The average molecular weight is 359 g/mol. The summed E-state index contributed by atoms with van der Waals surface area (Å²) in [5.41, 5.74) is 5.56. The standard InChI is InChI=1S/C22H21N3O2/c1-14-8-10-17(11-9-14)25-18(16-7-5-6-15(2)12-16)13-19-20(25)21(26)24(4)22(27)23(19)3/h5-13H,1-4H3. The van der Waals surface area contributed by atoms with E-state index in [9.17, 15) is 9.59 Å². The molecule has 0 aliphatic heterocycles. The lowest BCUT2D eigenvalue weighted by atomic mass is 10.1. The van der Waals surface area contributed by atoms with Crippen LogP contribution in [0.4, 0.5) is 0 Å². The fraction of sp³-hybridized carbons (Fsp3) is 0.182. The normalized spacial score (nSPS) is 11.3. The third-order valence-electron chi connectivity index (χ3n) is 5.03. The van der Waals surface area contributed by atoms with Crippen LogP contribution in [0.25, 0.3) is 28.0 Å². The molecule has 0 saturated carbocycles. The van der Waals surface area contributed by atoms with Crippen molar-refractivity contribution in [2.24, 2.45) is 14.1 Å². The van der Waals surface area contributed by atoms with Crippen LogP contribution < -0.4 is 11.2 Å². The molecule has 0 fully saturated rings. The Hall–Kier alpha value is -3.34. The van der Waals surface area contributed by atoms with E-state index in [2.05, 4.69) is 6.07 Å². The topological polar surface area (TPSA) is 48.9 Å². The summed E-state index contributed by atoms with van der Waals surface area (Å²) in [6.45, 7) is 4.07. The molecule has 0 bridgehead atoms. The van der Waals surface area contributed by atoms with Gasteiger partial charge in [0.05, 0.1) is 11.2 Å². The van der Waals surface area contributed by atoms with Gasteiger partial charge in [0.25, 0.3) is 5.56 Å². The van der Waals surface area contributed by atoms with Crippen LogP contribution in [0, 0.1) is 13.8 Å². The Morgan fingerprint density at radius 2 is 1.48 bits per heavy atom. The van der Waals surface area contributed by atoms with Crippen molar-refractivity contribution in [3.05, 3.63) is 86.6 Å². The molecule has 0 aliphatic rings. The molecule has 0 unspecified atom stereocenters. The summed E-state index contributed by atoms with van der Waals surface area (Å²) in [7, 11) is 3.21. The number of nitrogens with zero attached hydrogens (tertiary/aromatic N) is 3. The predicted octanol–water partition coefficient (Wildman–Crippen LogP) is 3.31. The van der Waals surface area contributed by atoms with Crippen molar-refractivity contribution in [3.8, 4) is 16.9 Å². The van der Waals surface area contributed by atoms with Crippen LogP contribution in [-0.2, 0) is 14.1 Å². The molecule has 5 nitrogen and oxygen atoms in total. The molecule has 0 saturated heterocycles. The first kappa shape index (κ1) is 17.1. The van der Waals surface area contributed by atoms with Crippen molar-refractivity contribution in [2.75, 3.05) is 0 Å². The van der Waals surface area contributed by atoms with Gasteiger partial charge in [-0.1, -0.05) is 41.5 Å². The van der Waals surface area contributed by atoms with Gasteiger partial charge in [-0.05, 0) is 43.7 Å². The van der Waals surface area contributed by atoms with Crippen molar-refractivity contribution >= 4 is 11.0 Å². The second kappa shape index (κ2) is 6.13. The molecule has 27 heavy (non-hydrogen) atoms. The zero-order valence-electron chi connectivity index (χ0n) is 15.9. The minimum absolute atomic E-state index is 0.299. The molecule has 4 rings (SSSR count). The van der Waals surface area contributed by atoms with E-state index in [1.54, 1.807) is 7.05 Å². The van der Waals surface area contributed by atoms with E-state index >= 15 is 0 Å². The molecule has 2 aromatic heterocycles. The SMILES string of the molecule is Cc1ccc(-n2c(-c3cccc(C)c3)cc3c2c(=O)n(C)c(=O)n3C)cc1. The molecule has 5 heteroatoms. The summed E-state index contributed by atoms with van der Waals surface area (Å²) in [4.78, 5) is 25.4. The van der Waals surface area contributed by atoms with Gasteiger partial charge in [0.1, 0.15) is 5.52 Å². The van der Waals surface area contributed by atoms with Crippen molar-refractivity contribution in [3.63, 3.8) is 0 Å². The van der Waals surface area contributed by atoms with Gasteiger partial charge < -0.3 is 4.57 Å². The third kappa shape index (κ3) is 2.63. The Labute approximate surface area is 156 Å². The van der Waals surface area contributed by atoms with Crippen molar-refractivity contribution < 1.29 is 0 Å². The number of hydrogen-bond donors (Lipinski definition) is 0. The lowest BCUT2D eigenvalue weighted by Gasteiger charge is -2.12. The van der Waals surface area contributed by atoms with E-state index in [0.29, 0.717) is 11.0 Å². The van der Waals surface area contributed by atoms with Gasteiger partial charge >= 0.3 is 5.69 Å². The smallest absolute Gasteiger partial charge is 0.303 e. The average Bonchev–Trinajstić information content (AvgIpc) is 3.06. The highest BCUT2D eigenvalue weighted by molar-refractivity contribution is 5.86. The third-order valence-corrected chi connectivity index (χ3v) is 5.03. The van der Waals surface area contributed by atoms with Crippen molar-refractivity contribution in [2.45, 2.75) is 13.8 Å². The lowest BCUT2D eigenvalue weighted by molar-refractivity contribution is 0.711. The molecule has 2 heterocycles. The van der Waals surface area contributed by atoms with Gasteiger partial charge in [-0.15, -0.1) is 0 Å². The largest absolute Gasteiger partial charge is 0.331 e. The van der Waals surface area contributed by atoms with Gasteiger partial charge in [0.2, 0.25) is 0 Å². The minimum atomic E-state index is -0.329. The Bertz CT molecular complexity index is 1290. The van der Waals surface area contributed by atoms with Gasteiger partial charge in [0.15, 0.2) is 0 Å². The first-order valence-corrected chi connectivity index (χ1v) is 8.84. The zero-order valence-corrected chi connectivity index (χ0v) is 15.9. The quantitative estimate of drug-likeness (QED) is 0.551. The molecule has 0 aliphatic carbocycles. The Balaban J connectivity index is 2.21. The highest BCUT2D eigenvalue weighted by Gasteiger charge is 2.19. The summed E-state index contributed by atoms with van der Waals surface area (Å²) in [5.74, 6) is 0. The zero-order chi connectivity index (χ0) is 19.3. The number of rotatable bonds is 2. The Kier molecular flexibility index (Phi) is 3.88. The van der Waals surface area contributed by atoms with Gasteiger partial charge in [0, 0.05) is 19.8 Å². The van der Waals surface area contributed by atoms with Crippen molar-refractivity contribution in [1.82, 2.24) is 13.7 Å². The van der Waals surface area contributed by atoms with Gasteiger partial charge in [-0.2, -0.15) is 0 Å². The van der Waals surface area contributed by atoms with E-state index in [4.69, 9.17) is 0 Å². The van der Waals surface area contributed by atoms with Crippen LogP contribution >= 0.6 is 0 Å². The molecular weight excluding hydrogens is 338 g/mol. The van der Waals surface area contributed by atoms with Crippen molar-refractivity contribution in [1.29, 1.82) is 0 Å². The number of aryl methyl sites for hydroxylation is 3. The lowest BCUT2D eigenvalue weighted by Crippen LogP contribution is -2.37. The summed E-state index contributed by atoms with van der Waals surface area (Å²) in [6, 6.07) is 18.1. The molecule has 0 N–H and O–H groups in total. The monoisotopic (exact) mass is 359 g/mol. The number of hydrogen-bond acceptors (Lipinski definition) is 2. The minimum Gasteiger partial charge on any atom is -0.303 e. The summed E-state index contributed by atoms with van der Waals surface area (Å²) >= 11 is 0. The van der Waals surface area contributed by atoms with E-state index in [-0.39, 0.29) is 11.2 Å². The predicted molar refractivity (Wildman–Crippen MR) is 109 cm³/mol. The van der Waals surface area contributed by atoms with E-state index in [1.165, 1.54) is 11.6 Å². The molecule has 4 aromatic rings. The van der Waals surface area contributed by atoms with Crippen LogP contribution in [0.5, 0.6) is 0 Å². The second-order valence-electron chi connectivity index (χ2n) is 7.01. The van der Waals surface area contributed by atoms with Crippen LogP contribution in [-0.4, -0.2) is 13.7 Å². The highest BCUT2D eigenvalue weighted by atomic mass is 16.2. The Morgan fingerprint density at radius 3 is 2.15 bits per heavy atom. The molecule has 0 spiro atoms. The number of benzene rings is 2. The molecule has 0 atom stereocenters. The maximum atomic E-state index is 13.0. The second-order valence-corrected chi connectivity index (χ2v) is 7.01. The van der Waals surface area contributed by atoms with Gasteiger partial charge in [-0.25, -0.2) is 4.79 Å². The summed E-state index contributed by atoms with van der Waals surface area (Å²) < 4.78 is 4.64. The molecule has 0 radical (unpaired) electrons. The molecule has 136 valence electrons. The van der Waals surface area contributed by atoms with Crippen LogP contribution in [0.2, 0.25) is 0 Å². The highest BCUT2D eigenvalue weighted by Crippen LogP contribution is 2.30. The van der Waals surface area contributed by atoms with Crippen LogP contribution in [0.3, 0.4) is 0 Å². The Morgan fingerprint density at radius 1 is 0.778 bits per heavy atom.